The maximum atomic E-state index is 6.04. The van der Waals surface area contributed by atoms with Crippen LogP contribution in [0.15, 0.2) is 67.0 Å². The van der Waals surface area contributed by atoms with Crippen LogP contribution in [0.5, 0.6) is 11.5 Å². The summed E-state index contributed by atoms with van der Waals surface area (Å²) in [5, 5.41) is 0. The first-order valence-corrected chi connectivity index (χ1v) is 7.15. The van der Waals surface area contributed by atoms with Gasteiger partial charge in [0.2, 0.25) is 0 Å². The Bertz CT molecular complexity index is 781. The fraction of sp³-hybridized carbons (Fsp3) is 0.105. The number of aromatic nitrogens is 1. The van der Waals surface area contributed by atoms with Crippen molar-refractivity contribution < 1.29 is 4.74 Å². The zero-order valence-electron chi connectivity index (χ0n) is 11.6. The number of rotatable bonds is 2. The number of ether oxygens (including phenoxy) is 1. The SMILES string of the molecule is c1ccc2c(c1)Cc1c(Cc3ccncc3)cccc1O2. The van der Waals surface area contributed by atoms with E-state index in [0.717, 1.165) is 24.3 Å². The summed E-state index contributed by atoms with van der Waals surface area (Å²) in [6, 6.07) is 18.7. The van der Waals surface area contributed by atoms with Crippen LogP contribution in [0.2, 0.25) is 0 Å². The van der Waals surface area contributed by atoms with Crippen molar-refractivity contribution in [2.24, 2.45) is 0 Å². The summed E-state index contributed by atoms with van der Waals surface area (Å²) >= 11 is 0. The zero-order chi connectivity index (χ0) is 14.1. The van der Waals surface area contributed by atoms with Gasteiger partial charge in [0.1, 0.15) is 11.5 Å². The van der Waals surface area contributed by atoms with Crippen molar-refractivity contribution in [3.63, 3.8) is 0 Å². The van der Waals surface area contributed by atoms with Crippen molar-refractivity contribution in [2.75, 3.05) is 0 Å². The summed E-state index contributed by atoms with van der Waals surface area (Å²) in [5.74, 6) is 1.96. The van der Waals surface area contributed by atoms with Crippen molar-refractivity contribution in [1.82, 2.24) is 4.98 Å². The van der Waals surface area contributed by atoms with E-state index in [1.165, 1.54) is 22.3 Å². The van der Waals surface area contributed by atoms with Crippen molar-refractivity contribution in [3.8, 4) is 11.5 Å². The largest absolute Gasteiger partial charge is 0.457 e. The lowest BCUT2D eigenvalue weighted by Crippen LogP contribution is -2.06. The van der Waals surface area contributed by atoms with Gasteiger partial charge in [0, 0.05) is 24.4 Å². The van der Waals surface area contributed by atoms with Crippen LogP contribution in [0.25, 0.3) is 0 Å². The molecule has 2 heterocycles. The van der Waals surface area contributed by atoms with Crippen LogP contribution in [0, 0.1) is 0 Å². The van der Waals surface area contributed by atoms with Gasteiger partial charge in [-0.3, -0.25) is 4.98 Å². The summed E-state index contributed by atoms with van der Waals surface area (Å²) < 4.78 is 6.04. The number of benzene rings is 2. The van der Waals surface area contributed by atoms with Crippen molar-refractivity contribution in [1.29, 1.82) is 0 Å². The third-order valence-electron chi connectivity index (χ3n) is 3.93. The molecule has 1 aliphatic heterocycles. The van der Waals surface area contributed by atoms with Crippen LogP contribution in [-0.4, -0.2) is 4.98 Å². The molecule has 4 rings (SSSR count). The second kappa shape index (κ2) is 5.06. The van der Waals surface area contributed by atoms with Gasteiger partial charge >= 0.3 is 0 Å². The van der Waals surface area contributed by atoms with Crippen molar-refractivity contribution >= 4 is 0 Å². The molecule has 2 heteroatoms. The lowest BCUT2D eigenvalue weighted by atomic mass is 9.93. The van der Waals surface area contributed by atoms with Crippen molar-refractivity contribution in [2.45, 2.75) is 12.8 Å². The summed E-state index contributed by atoms with van der Waals surface area (Å²) in [6.45, 7) is 0. The van der Waals surface area contributed by atoms with Crippen LogP contribution in [0.4, 0.5) is 0 Å². The van der Waals surface area contributed by atoms with E-state index in [-0.39, 0.29) is 0 Å². The molecule has 0 N–H and O–H groups in total. The Morgan fingerprint density at radius 2 is 1.67 bits per heavy atom. The number of nitrogens with zero attached hydrogens (tertiary/aromatic N) is 1. The van der Waals surface area contributed by atoms with Gasteiger partial charge in [-0.25, -0.2) is 0 Å². The molecule has 3 aromatic rings. The van der Waals surface area contributed by atoms with Crippen LogP contribution in [0.3, 0.4) is 0 Å². The minimum atomic E-state index is 0.914. The Kier molecular flexibility index (Phi) is 2.93. The fourth-order valence-corrected chi connectivity index (χ4v) is 2.85. The third kappa shape index (κ3) is 2.29. The number of pyridine rings is 1. The molecule has 0 atom stereocenters. The van der Waals surface area contributed by atoms with E-state index in [4.69, 9.17) is 4.74 Å². The maximum absolute atomic E-state index is 6.04. The first-order valence-electron chi connectivity index (χ1n) is 7.15. The second-order valence-corrected chi connectivity index (χ2v) is 5.31. The molecule has 0 radical (unpaired) electrons. The summed E-state index contributed by atoms with van der Waals surface area (Å²) in [6.07, 6.45) is 5.54. The molecular weight excluding hydrogens is 258 g/mol. The van der Waals surface area contributed by atoms with E-state index in [9.17, 15) is 0 Å². The number of para-hydroxylation sites is 1. The van der Waals surface area contributed by atoms with Gasteiger partial charge in [-0.05, 0) is 47.4 Å². The average Bonchev–Trinajstić information content (AvgIpc) is 2.54. The van der Waals surface area contributed by atoms with E-state index in [0.29, 0.717) is 0 Å². The molecule has 0 bridgehead atoms. The van der Waals surface area contributed by atoms with Gasteiger partial charge in [-0.2, -0.15) is 0 Å². The third-order valence-corrected chi connectivity index (χ3v) is 3.93. The molecule has 0 spiro atoms. The van der Waals surface area contributed by atoms with E-state index >= 15 is 0 Å². The number of fused-ring (bicyclic) bond motifs is 2. The monoisotopic (exact) mass is 273 g/mol. The summed E-state index contributed by atoms with van der Waals surface area (Å²) in [7, 11) is 0. The molecule has 0 fully saturated rings. The Morgan fingerprint density at radius 1 is 0.857 bits per heavy atom. The summed E-state index contributed by atoms with van der Waals surface area (Å²) in [4.78, 5) is 4.08. The molecule has 2 aromatic carbocycles. The lowest BCUT2D eigenvalue weighted by Gasteiger charge is -2.22. The van der Waals surface area contributed by atoms with Crippen LogP contribution in [0.1, 0.15) is 22.3 Å². The first kappa shape index (κ1) is 12.2. The minimum absolute atomic E-state index is 0.914. The fourth-order valence-electron chi connectivity index (χ4n) is 2.85. The van der Waals surface area contributed by atoms with Gasteiger partial charge in [0.15, 0.2) is 0 Å². The molecule has 0 aliphatic carbocycles. The standard InChI is InChI=1S/C19H15NO/c1-2-6-18-16(4-1)13-17-15(5-3-7-19(17)21-18)12-14-8-10-20-11-9-14/h1-11H,12-13H2. The highest BCUT2D eigenvalue weighted by Crippen LogP contribution is 2.38. The minimum Gasteiger partial charge on any atom is -0.457 e. The molecule has 21 heavy (non-hydrogen) atoms. The number of hydrogen-bond acceptors (Lipinski definition) is 2. The van der Waals surface area contributed by atoms with Gasteiger partial charge in [0.25, 0.3) is 0 Å². The van der Waals surface area contributed by atoms with Gasteiger partial charge in [-0.15, -0.1) is 0 Å². The molecule has 102 valence electrons. The smallest absolute Gasteiger partial charge is 0.131 e. The highest BCUT2D eigenvalue weighted by Gasteiger charge is 2.18. The lowest BCUT2D eigenvalue weighted by molar-refractivity contribution is 0.459. The molecule has 0 amide bonds. The van der Waals surface area contributed by atoms with Crippen LogP contribution >= 0.6 is 0 Å². The Hall–Kier alpha value is -2.61. The predicted molar refractivity (Wildman–Crippen MR) is 82.8 cm³/mol. The topological polar surface area (TPSA) is 22.1 Å². The highest BCUT2D eigenvalue weighted by molar-refractivity contribution is 5.53. The Labute approximate surface area is 124 Å². The molecule has 1 aliphatic rings. The van der Waals surface area contributed by atoms with E-state index in [2.05, 4.69) is 47.4 Å². The predicted octanol–water partition coefficient (Wildman–Crippen LogP) is 4.37. The summed E-state index contributed by atoms with van der Waals surface area (Å²) in [5.41, 5.74) is 5.16. The Balaban J connectivity index is 1.73. The van der Waals surface area contributed by atoms with Gasteiger partial charge < -0.3 is 4.74 Å². The van der Waals surface area contributed by atoms with Gasteiger partial charge in [-0.1, -0.05) is 30.3 Å². The van der Waals surface area contributed by atoms with E-state index in [1.807, 2.05) is 24.5 Å². The molecular formula is C19H15NO. The van der Waals surface area contributed by atoms with Crippen LogP contribution < -0.4 is 4.74 Å². The van der Waals surface area contributed by atoms with Gasteiger partial charge in [0.05, 0.1) is 0 Å². The zero-order valence-corrected chi connectivity index (χ0v) is 11.6. The quantitative estimate of drug-likeness (QED) is 0.541. The molecule has 0 saturated carbocycles. The normalized spacial score (nSPS) is 12.2. The highest BCUT2D eigenvalue weighted by atomic mass is 16.5. The first-order chi connectivity index (χ1) is 10.4. The van der Waals surface area contributed by atoms with Crippen LogP contribution in [-0.2, 0) is 12.8 Å². The molecule has 0 unspecified atom stereocenters. The Morgan fingerprint density at radius 3 is 2.57 bits per heavy atom. The average molecular weight is 273 g/mol. The second-order valence-electron chi connectivity index (χ2n) is 5.31. The molecule has 1 aromatic heterocycles. The molecule has 0 saturated heterocycles. The number of hydrogen-bond donors (Lipinski definition) is 0. The van der Waals surface area contributed by atoms with E-state index < -0.39 is 0 Å². The van der Waals surface area contributed by atoms with E-state index in [1.54, 1.807) is 0 Å². The molecule has 2 nitrogen and oxygen atoms in total. The van der Waals surface area contributed by atoms with Crippen molar-refractivity contribution in [3.05, 3.63) is 89.2 Å². The maximum Gasteiger partial charge on any atom is 0.131 e.